The zero-order chi connectivity index (χ0) is 19.3. The molecule has 2 unspecified atom stereocenters. The lowest BCUT2D eigenvalue weighted by Crippen LogP contribution is -2.25. The van der Waals surface area contributed by atoms with Crippen molar-refractivity contribution in [3.05, 3.63) is 51.5 Å². The van der Waals surface area contributed by atoms with Crippen LogP contribution < -0.4 is 5.32 Å². The number of rotatable bonds is 7. The molecule has 0 aliphatic heterocycles. The molecule has 1 aromatic heterocycles. The maximum atomic E-state index is 12.5. The Kier molecular flexibility index (Phi) is 6.74. The number of carbonyl (C=O) groups is 1. The number of alkyl halides is 3. The first-order valence-electron chi connectivity index (χ1n) is 7.82. The normalized spacial score (nSPS) is 14.1. The zero-order valence-electron chi connectivity index (χ0n) is 14.2. The molecule has 5 nitrogen and oxygen atoms in total. The fraction of sp³-hybridized carbons (Fsp3) is 0.412. The van der Waals surface area contributed by atoms with Gasteiger partial charge in [0.25, 0.3) is 0 Å². The van der Waals surface area contributed by atoms with Gasteiger partial charge in [0, 0.05) is 18.5 Å². The lowest BCUT2D eigenvalue weighted by Gasteiger charge is -2.15. The monoisotopic (exact) mass is 388 g/mol. The molecule has 0 bridgehead atoms. The highest BCUT2D eigenvalue weighted by atomic mass is 32.1. The first-order valence-corrected chi connectivity index (χ1v) is 8.70. The van der Waals surface area contributed by atoms with Gasteiger partial charge in [0.2, 0.25) is 0 Å². The molecule has 9 heteroatoms. The quantitative estimate of drug-likeness (QED) is 0.712. The van der Waals surface area contributed by atoms with Crippen molar-refractivity contribution >= 4 is 17.3 Å². The molecule has 0 saturated heterocycles. The highest BCUT2D eigenvalue weighted by Crippen LogP contribution is 2.32. The number of aromatic nitrogens is 1. The van der Waals surface area contributed by atoms with Crippen LogP contribution in [0, 0.1) is 0 Å². The van der Waals surface area contributed by atoms with Crippen LogP contribution in [-0.4, -0.2) is 36.3 Å². The van der Waals surface area contributed by atoms with Crippen molar-refractivity contribution in [3.8, 4) is 0 Å². The smallest absolute Gasteiger partial charge is 0.443 e. The number of hydrogen-bond donors (Lipinski definition) is 2. The first kappa shape index (κ1) is 20.3. The van der Waals surface area contributed by atoms with Gasteiger partial charge in [-0.3, -0.25) is 0 Å². The molecule has 1 heterocycles. The van der Waals surface area contributed by atoms with Crippen LogP contribution in [0.1, 0.15) is 45.6 Å². The largest absolute Gasteiger partial charge is 0.465 e. The molecule has 1 aromatic carbocycles. The van der Waals surface area contributed by atoms with Gasteiger partial charge >= 0.3 is 12.1 Å². The van der Waals surface area contributed by atoms with Gasteiger partial charge in [-0.1, -0.05) is 19.1 Å². The number of nitrogens with one attached hydrogen (secondary N) is 1. The third kappa shape index (κ3) is 5.26. The van der Waals surface area contributed by atoms with E-state index in [1.165, 1.54) is 12.5 Å². The minimum Gasteiger partial charge on any atom is -0.465 e. The van der Waals surface area contributed by atoms with Crippen LogP contribution >= 0.6 is 11.3 Å². The maximum Gasteiger partial charge on any atom is 0.443 e. The summed E-state index contributed by atoms with van der Waals surface area (Å²) < 4.78 is 42.2. The summed E-state index contributed by atoms with van der Waals surface area (Å²) in [4.78, 5) is 14.8. The van der Waals surface area contributed by atoms with Crippen LogP contribution in [0.3, 0.4) is 0 Å². The topological polar surface area (TPSA) is 71.5 Å². The Morgan fingerprint density at radius 3 is 2.50 bits per heavy atom. The molecule has 142 valence electrons. The van der Waals surface area contributed by atoms with E-state index in [0.717, 1.165) is 5.56 Å². The summed E-state index contributed by atoms with van der Waals surface area (Å²) in [6.07, 6.45) is -5.61. The van der Waals surface area contributed by atoms with E-state index >= 15 is 0 Å². The molecular formula is C17H19F3N2O3S. The molecule has 0 aliphatic carbocycles. The SMILES string of the molecule is COC(=O)c1ccc(C(C)CNCC(O)c2csc(C(F)(F)F)n2)cc1. The second-order valence-electron chi connectivity index (χ2n) is 5.76. The Labute approximate surface area is 152 Å². The summed E-state index contributed by atoms with van der Waals surface area (Å²) in [5.41, 5.74) is 1.44. The number of methoxy groups -OCH3 is 1. The highest BCUT2D eigenvalue weighted by molar-refractivity contribution is 7.09. The van der Waals surface area contributed by atoms with Gasteiger partial charge in [-0.2, -0.15) is 13.2 Å². The summed E-state index contributed by atoms with van der Waals surface area (Å²) in [5, 5.41) is 13.2. The number of thiazole rings is 1. The molecule has 0 amide bonds. The zero-order valence-corrected chi connectivity index (χ0v) is 15.0. The number of nitrogens with zero attached hydrogens (tertiary/aromatic N) is 1. The number of carbonyl (C=O) groups excluding carboxylic acids is 1. The van der Waals surface area contributed by atoms with Crippen molar-refractivity contribution < 1.29 is 27.8 Å². The second-order valence-corrected chi connectivity index (χ2v) is 6.62. The average molecular weight is 388 g/mol. The summed E-state index contributed by atoms with van der Waals surface area (Å²) >= 11 is 0.465. The standard InChI is InChI=1S/C17H19F3N2O3S/c1-10(11-3-5-12(6-4-11)15(24)25-2)7-21-8-14(23)13-9-26-16(22-13)17(18,19)20/h3-6,9-10,14,21,23H,7-8H2,1-2H3. The van der Waals surface area contributed by atoms with Gasteiger partial charge in [-0.05, 0) is 23.6 Å². The summed E-state index contributed by atoms with van der Waals surface area (Å²) in [6.45, 7) is 2.55. The number of aliphatic hydroxyl groups is 1. The maximum absolute atomic E-state index is 12.5. The number of aliphatic hydroxyl groups excluding tert-OH is 1. The number of ether oxygens (including phenoxy) is 1. The van der Waals surface area contributed by atoms with Crippen molar-refractivity contribution in [1.29, 1.82) is 0 Å². The van der Waals surface area contributed by atoms with E-state index in [-0.39, 0.29) is 18.2 Å². The Morgan fingerprint density at radius 2 is 1.96 bits per heavy atom. The van der Waals surface area contributed by atoms with Gasteiger partial charge in [0.1, 0.15) is 6.10 Å². The molecule has 0 radical (unpaired) electrons. The summed E-state index contributed by atoms with van der Waals surface area (Å²) in [7, 11) is 1.31. The van der Waals surface area contributed by atoms with Crippen molar-refractivity contribution in [3.63, 3.8) is 0 Å². The Morgan fingerprint density at radius 1 is 1.31 bits per heavy atom. The van der Waals surface area contributed by atoms with E-state index in [9.17, 15) is 23.1 Å². The number of benzene rings is 1. The molecule has 2 N–H and O–H groups in total. The molecule has 2 aromatic rings. The van der Waals surface area contributed by atoms with Gasteiger partial charge < -0.3 is 15.2 Å². The minimum atomic E-state index is -4.50. The van der Waals surface area contributed by atoms with Gasteiger partial charge in [0.15, 0.2) is 5.01 Å². The van der Waals surface area contributed by atoms with E-state index < -0.39 is 23.3 Å². The van der Waals surface area contributed by atoms with E-state index in [4.69, 9.17) is 0 Å². The third-order valence-corrected chi connectivity index (χ3v) is 4.70. The van der Waals surface area contributed by atoms with Crippen LogP contribution in [-0.2, 0) is 10.9 Å². The fourth-order valence-electron chi connectivity index (χ4n) is 2.29. The van der Waals surface area contributed by atoms with Crippen molar-refractivity contribution in [2.24, 2.45) is 0 Å². The second kappa shape index (κ2) is 8.61. The number of halogens is 3. The predicted octanol–water partition coefficient (Wildman–Crippen LogP) is 3.38. The molecule has 0 fully saturated rings. The number of esters is 1. The van der Waals surface area contributed by atoms with E-state index in [2.05, 4.69) is 15.0 Å². The predicted molar refractivity (Wildman–Crippen MR) is 91.1 cm³/mol. The first-order chi connectivity index (χ1) is 12.2. The average Bonchev–Trinajstić information content (AvgIpc) is 3.11. The van der Waals surface area contributed by atoms with Crippen molar-refractivity contribution in [2.45, 2.75) is 25.1 Å². The van der Waals surface area contributed by atoms with Crippen LogP contribution in [0.25, 0.3) is 0 Å². The molecule has 0 aliphatic rings. The third-order valence-electron chi connectivity index (χ3n) is 3.79. The summed E-state index contributed by atoms with van der Waals surface area (Å²) in [5.74, 6) is -0.331. The van der Waals surface area contributed by atoms with E-state index in [1.807, 2.05) is 19.1 Å². The summed E-state index contributed by atoms with van der Waals surface area (Å²) in [6, 6.07) is 6.96. The highest BCUT2D eigenvalue weighted by Gasteiger charge is 2.35. The van der Waals surface area contributed by atoms with Gasteiger partial charge in [-0.15, -0.1) is 11.3 Å². The molecule has 2 atom stereocenters. The van der Waals surface area contributed by atoms with Gasteiger partial charge in [0.05, 0.1) is 18.4 Å². The molecule has 2 rings (SSSR count). The Balaban J connectivity index is 1.84. The fourth-order valence-corrected chi connectivity index (χ4v) is 3.03. The lowest BCUT2D eigenvalue weighted by atomic mass is 9.99. The van der Waals surface area contributed by atoms with E-state index in [0.29, 0.717) is 23.4 Å². The Hall–Kier alpha value is -1.97. The number of hydrogen-bond acceptors (Lipinski definition) is 6. The minimum absolute atomic E-state index is 0.00455. The molecular weight excluding hydrogens is 369 g/mol. The lowest BCUT2D eigenvalue weighted by molar-refractivity contribution is -0.137. The Bertz CT molecular complexity index is 732. The molecule has 0 spiro atoms. The van der Waals surface area contributed by atoms with Crippen LogP contribution in [0.2, 0.25) is 0 Å². The van der Waals surface area contributed by atoms with Crippen LogP contribution in [0.4, 0.5) is 13.2 Å². The van der Waals surface area contributed by atoms with Crippen LogP contribution in [0.15, 0.2) is 29.6 Å². The van der Waals surface area contributed by atoms with Crippen molar-refractivity contribution in [1.82, 2.24) is 10.3 Å². The molecule has 26 heavy (non-hydrogen) atoms. The van der Waals surface area contributed by atoms with Crippen molar-refractivity contribution in [2.75, 3.05) is 20.2 Å². The van der Waals surface area contributed by atoms with Crippen LogP contribution in [0.5, 0.6) is 0 Å². The van der Waals surface area contributed by atoms with E-state index in [1.54, 1.807) is 12.1 Å². The molecule has 0 saturated carbocycles. The van der Waals surface area contributed by atoms with Gasteiger partial charge in [-0.25, -0.2) is 9.78 Å².